The van der Waals surface area contributed by atoms with Crippen LogP contribution in [-0.2, 0) is 77.6 Å². The van der Waals surface area contributed by atoms with Crippen molar-refractivity contribution >= 4 is 175 Å². The number of nitrogens with two attached hydrogens (primary N) is 3. The molecule has 4 aromatic heterocycles. The molecule has 0 radical (unpaired) electrons. The van der Waals surface area contributed by atoms with Crippen LogP contribution in [0.5, 0.6) is 0 Å². The largest absolute Gasteiger partial charge is 0.511 e. The van der Waals surface area contributed by atoms with Gasteiger partial charge in [-0.05, 0) is 212 Å². The third-order valence-electron chi connectivity index (χ3n) is 15.0. The van der Waals surface area contributed by atoms with Crippen molar-refractivity contribution in [1.29, 1.82) is 0 Å². The highest BCUT2D eigenvalue weighted by Crippen LogP contribution is 2.28. The van der Waals surface area contributed by atoms with Crippen LogP contribution in [0.1, 0.15) is 105 Å². The fourth-order valence-corrected chi connectivity index (χ4v) is 10.0. The van der Waals surface area contributed by atoms with Gasteiger partial charge in [0.05, 0.1) is 42.9 Å². The van der Waals surface area contributed by atoms with Crippen molar-refractivity contribution in [2.45, 2.75) is 86.1 Å². The number of aliphatic imine (C=N–C) groups is 1. The quantitative estimate of drug-likeness (QED) is 0.00684. The Morgan fingerprint density at radius 3 is 1.28 bits per heavy atom. The number of anilines is 2. The van der Waals surface area contributed by atoms with Gasteiger partial charge < -0.3 is 30.8 Å². The van der Waals surface area contributed by atoms with Gasteiger partial charge in [-0.2, -0.15) is 29.9 Å². The van der Waals surface area contributed by atoms with Crippen molar-refractivity contribution in [1.82, 2.24) is 68.3 Å². The molecule has 0 bridgehead atoms. The number of aryl methyl sites for hydroxylation is 10. The van der Waals surface area contributed by atoms with Gasteiger partial charge in [0.1, 0.15) is 0 Å². The number of hydrogen-bond acceptors (Lipinski definition) is 29. The van der Waals surface area contributed by atoms with Gasteiger partial charge in [0.25, 0.3) is 22.6 Å². The number of nitrogens with zero attached hydrogens (tertiary/aromatic N) is 15. The average Bonchev–Trinajstić information content (AvgIpc) is 1.02. The number of isocyanates is 1. The third-order valence-corrected chi connectivity index (χ3v) is 16.7. The first kappa shape index (κ1) is 110. The predicted molar refractivity (Wildman–Crippen MR) is 465 cm³/mol. The number of nitrogen functional groups attached to an aromatic ring is 1. The summed E-state index contributed by atoms with van der Waals surface area (Å²) in [4.78, 5) is 181. The Kier molecular flexibility index (Phi) is 47.5. The molecule has 10 aromatic rings. The predicted octanol–water partition coefficient (Wildman–Crippen LogP) is 9.73. The lowest BCUT2D eigenvalue weighted by molar-refractivity contribution is -0.191. The number of benzene rings is 6. The number of hydrazine groups is 1. The van der Waals surface area contributed by atoms with E-state index in [1.54, 1.807) is 107 Å². The number of aromatic carboxylic acids is 1. The number of aromatic nitrogens is 13. The summed E-state index contributed by atoms with van der Waals surface area (Å²) in [5.74, 6) is 1.18. The van der Waals surface area contributed by atoms with E-state index in [4.69, 9.17) is 136 Å². The van der Waals surface area contributed by atoms with Gasteiger partial charge in [0, 0.05) is 84.4 Å². The highest BCUT2D eigenvalue weighted by Gasteiger charge is 2.27. The minimum absolute atomic E-state index is 0.0236. The van der Waals surface area contributed by atoms with Crippen LogP contribution in [-0.4, -0.2) is 158 Å². The van der Waals surface area contributed by atoms with Crippen LogP contribution in [0, 0.1) is 41.5 Å². The van der Waals surface area contributed by atoms with E-state index in [9.17, 15) is 67.1 Å². The first-order valence-corrected chi connectivity index (χ1v) is 38.3. The zero-order valence-corrected chi connectivity index (χ0v) is 75.6. The molecule has 0 aliphatic rings. The topological polar surface area (TPSA) is 539 Å². The van der Waals surface area contributed by atoms with E-state index in [1.807, 2.05) is 45.9 Å². The van der Waals surface area contributed by atoms with Crippen LogP contribution in [0.3, 0.4) is 0 Å². The molecule has 6 aromatic carbocycles. The van der Waals surface area contributed by atoms with Gasteiger partial charge in [-0.15, -0.1) is 0 Å². The number of carbonyl (C=O) groups excluding carboxylic acids is 9. The van der Waals surface area contributed by atoms with Gasteiger partial charge in [-0.3, -0.25) is 43.9 Å². The number of likely N-dealkylation sites (N-methyl/N-ethyl adjacent to an activating group) is 1. The number of amides is 2. The molecule has 48 heteroatoms. The summed E-state index contributed by atoms with van der Waals surface area (Å²) in [6.45, 7) is 18.3. The number of carboxylic acid groups (broad SMARTS) is 1. The van der Waals surface area contributed by atoms with E-state index in [0.29, 0.717) is 64.6 Å². The number of Topliss-reactive ketones (excluding diaryl/α,β-unsaturated/α-hetero) is 2. The number of alkyl halides is 3. The molecule has 0 unspecified atom stereocenters. The molecule has 0 spiro atoms. The number of tetrazole rings is 1. The molecular weight excluding hydrogens is 1820 g/mol. The fourth-order valence-electron chi connectivity index (χ4n) is 8.79. The Labute approximate surface area is 750 Å². The number of ether oxygens (including phenoxy) is 3. The van der Waals surface area contributed by atoms with E-state index >= 15 is 0 Å². The Balaban J connectivity index is 0.000000722. The summed E-state index contributed by atoms with van der Waals surface area (Å²) in [5.41, 5.74) is 12.2. The Morgan fingerprint density at radius 1 is 0.565 bits per heavy atom. The van der Waals surface area contributed by atoms with E-state index in [-0.39, 0.29) is 48.1 Å². The van der Waals surface area contributed by atoms with Crippen molar-refractivity contribution in [2.24, 2.45) is 44.8 Å². The fraction of sp³-hybridized carbons (Fsp3) is 0.276. The first-order chi connectivity index (χ1) is 57.9. The molecule has 0 saturated carbocycles. The van der Waals surface area contributed by atoms with Crippen LogP contribution < -0.4 is 56.4 Å². The molecule has 39 nitrogen and oxygen atoms in total. The minimum atomic E-state index is -2.03. The third kappa shape index (κ3) is 35.7. The number of halogens is 9. The second kappa shape index (κ2) is 53.6. The summed E-state index contributed by atoms with van der Waals surface area (Å²) in [5, 5.41) is 36.8. The van der Waals surface area contributed by atoms with E-state index in [1.165, 1.54) is 71.1 Å². The summed E-state index contributed by atoms with van der Waals surface area (Å²) in [6.07, 6.45) is 1.20. The Morgan fingerprint density at radius 2 is 0.935 bits per heavy atom. The number of esters is 1. The van der Waals surface area contributed by atoms with Gasteiger partial charge in [-0.1, -0.05) is 125 Å². The molecule has 10 rings (SSSR count). The monoisotopic (exact) mass is 1900 g/mol. The molecule has 0 saturated heterocycles. The molecule has 0 aliphatic carbocycles. The number of carbonyl (C=O) groups is 7. The maximum Gasteiger partial charge on any atom is 0.511 e. The van der Waals surface area contributed by atoms with Crippen LogP contribution in [0.4, 0.5) is 22.1 Å². The number of hydrogen-bond donors (Lipinski definition) is 5. The number of ketones is 2. The second-order valence-electron chi connectivity index (χ2n) is 24.3. The first-order valence-electron chi connectivity index (χ1n) is 34.9. The molecule has 0 atom stereocenters. The van der Waals surface area contributed by atoms with E-state index < -0.39 is 84.7 Å². The number of carboxylic acids is 1. The van der Waals surface area contributed by atoms with Gasteiger partial charge in [-0.25, -0.2) is 71.8 Å². The van der Waals surface area contributed by atoms with Gasteiger partial charge in [0.15, 0.2) is 11.5 Å². The summed E-state index contributed by atoms with van der Waals surface area (Å²) in [6, 6.07) is 30.4. The summed E-state index contributed by atoms with van der Waals surface area (Å²) < 4.78 is 16.8. The smallest absolute Gasteiger partial charge is 0.476 e. The van der Waals surface area contributed by atoms with Crippen molar-refractivity contribution in [2.75, 3.05) is 38.4 Å². The number of methoxy groups -OCH3 is 1. The molecule has 664 valence electrons. The normalized spacial score (nSPS) is 9.90. The van der Waals surface area contributed by atoms with Gasteiger partial charge in [0.2, 0.25) is 35.1 Å². The Hall–Kier alpha value is -12.2. The lowest BCUT2D eigenvalue weighted by Crippen LogP contribution is -2.44. The molecule has 124 heavy (non-hydrogen) atoms. The van der Waals surface area contributed by atoms with Crippen LogP contribution in [0.25, 0.3) is 17.1 Å². The SMILES string of the molecule is CC(=O)c1nn(C)c(=O)n(-c2cc(Cl)ccc2C)c1=O.CCN.CCOC(=O)C(=O)CC.COC(=O)OC(Cl)(Cl)Cl.Cc1ccc(Cl)cc1-n1c(=O)c(C(=O)Nc2nnnn2C)nn(C)c1=O.Cc1ccc(Cl)cc1-n1c(=O)c(C(=O)O)nn(C)c1=O.Cc1ccc(Cl)cc1CC(=O)N(C)N.Cc1ccc(Cl)cc1N.Cc1ccc(Cl)cc1N=C=O.O=C=O. The van der Waals surface area contributed by atoms with Gasteiger partial charge >= 0.3 is 45.3 Å². The molecular formula is C76H82Cl9N19O20. The molecule has 4 heterocycles. The van der Waals surface area contributed by atoms with Crippen LogP contribution in [0.2, 0.25) is 30.1 Å². The van der Waals surface area contributed by atoms with Crippen molar-refractivity contribution in [3.63, 3.8) is 0 Å². The highest BCUT2D eigenvalue weighted by atomic mass is 35.6. The maximum atomic E-state index is 12.8. The molecule has 0 fully saturated rings. The molecule has 8 N–H and O–H groups in total. The zero-order valence-electron chi connectivity index (χ0n) is 68.8. The van der Waals surface area contributed by atoms with E-state index in [2.05, 4.69) is 55.3 Å². The zero-order chi connectivity index (χ0) is 95.1. The lowest BCUT2D eigenvalue weighted by Gasteiger charge is -2.11. The average molecular weight is 1900 g/mol. The summed E-state index contributed by atoms with van der Waals surface area (Å²) in [7, 11) is 8.13. The minimum Gasteiger partial charge on any atom is -0.476 e. The molecule has 2 amide bonds. The second-order valence-corrected chi connectivity index (χ2v) is 29.1. The summed E-state index contributed by atoms with van der Waals surface area (Å²) >= 11 is 49.9. The maximum absolute atomic E-state index is 12.8. The number of rotatable bonds is 13. The Bertz CT molecular complexity index is 5810. The highest BCUT2D eigenvalue weighted by molar-refractivity contribution is 6.66. The standard InChI is InChI=1S/C14H13ClN8O3.C13H12ClN3O3.C12H10ClN3O4.C10H13ClN2O.C8H6ClNO.C7H8ClN.C6H10O3.C3H3Cl3O3.C2H7N.CO2/c1-7-4-5-8(15)6-9(7)23-12(25)10(18-22(3)14(23)26)11(24)16-13-17-19-20-21(13)2;1-7-4-5-9(14)6-10(7)17-12(19)11(8(2)18)15-16(3)13(17)20;1-6-3-4-7(13)5-8(6)16-10(17)9(11(18)19)14-15(2)12(16)20;1-7-3-4-9(11)5-8(7)6-10(14)13(2)12;1-6-2-3-7(9)4-8(6)10-5-11;1-5-2-3-6(8)4-7(5)9;1-3-5(7)6(8)9-4-2;1-8-2(7)9-3(4,5)6;1-2-3;2-1-3/h4-6H,1-3H3,(H,16,17,20,24);4-6H,1-3H3;3-5H,1-2H3,(H,18,19);3-5H,6,12H2,1-2H3;2-4H,1H3;2-4H,9H2,1H3;3-4H2,1-2H3;1H3;2-3H2,1H3;. The van der Waals surface area contributed by atoms with Crippen molar-refractivity contribution in [3.8, 4) is 17.1 Å². The molecule has 0 aliphatic heterocycles. The van der Waals surface area contributed by atoms with E-state index in [0.717, 1.165) is 74.4 Å². The van der Waals surface area contributed by atoms with Crippen molar-refractivity contribution < 1.29 is 67.3 Å². The number of nitrogens with one attached hydrogen (secondary N) is 1. The van der Waals surface area contributed by atoms with Crippen molar-refractivity contribution in [3.05, 3.63) is 258 Å². The van der Waals surface area contributed by atoms with Crippen LogP contribution in [0.15, 0.2) is 143 Å². The lowest BCUT2D eigenvalue weighted by atomic mass is 10.1. The van der Waals surface area contributed by atoms with Crippen LogP contribution >= 0.6 is 104 Å².